The molecule has 19 heavy (non-hydrogen) atoms. The minimum Gasteiger partial charge on any atom is -0.334 e. The molecule has 1 aliphatic heterocycles. The zero-order valence-electron chi connectivity index (χ0n) is 12.1. The normalized spacial score (nSPS) is 19.2. The highest BCUT2D eigenvalue weighted by atomic mass is 16.2. The average Bonchev–Trinajstić information content (AvgIpc) is 2.72. The van der Waals surface area contributed by atoms with E-state index in [1.165, 1.54) is 6.92 Å². The molecule has 2 N–H and O–H groups in total. The maximum absolute atomic E-state index is 12.0. The monoisotopic (exact) mass is 269 g/mol. The lowest BCUT2D eigenvalue weighted by Crippen LogP contribution is -2.50. The van der Waals surface area contributed by atoms with Crippen LogP contribution < -0.4 is 10.6 Å². The van der Waals surface area contributed by atoms with Crippen molar-refractivity contribution in [2.24, 2.45) is 0 Å². The molecule has 0 aromatic heterocycles. The fourth-order valence-corrected chi connectivity index (χ4v) is 2.13. The summed E-state index contributed by atoms with van der Waals surface area (Å²) >= 11 is 0. The molecule has 1 fully saturated rings. The number of hydrogen-bond acceptors (Lipinski definition) is 3. The van der Waals surface area contributed by atoms with Gasteiger partial charge in [0, 0.05) is 12.1 Å². The van der Waals surface area contributed by atoms with Crippen LogP contribution in [0.3, 0.4) is 0 Å². The van der Waals surface area contributed by atoms with Crippen molar-refractivity contribution in [1.29, 1.82) is 0 Å². The number of carbonyl (C=O) groups excluding carboxylic acids is 3. The van der Waals surface area contributed by atoms with Crippen molar-refractivity contribution in [2.45, 2.75) is 52.1 Å². The number of carbonyl (C=O) groups is 3. The van der Waals surface area contributed by atoms with Gasteiger partial charge >= 0.3 is 6.03 Å². The molecular weight excluding hydrogens is 246 g/mol. The highest BCUT2D eigenvalue weighted by Crippen LogP contribution is 2.17. The fraction of sp³-hybridized carbons (Fsp3) is 0.769. The molecule has 6 nitrogen and oxygen atoms in total. The topological polar surface area (TPSA) is 78.5 Å². The van der Waals surface area contributed by atoms with E-state index in [9.17, 15) is 14.4 Å². The van der Waals surface area contributed by atoms with E-state index in [2.05, 4.69) is 10.6 Å². The van der Waals surface area contributed by atoms with Crippen molar-refractivity contribution < 1.29 is 14.4 Å². The van der Waals surface area contributed by atoms with Gasteiger partial charge in [-0.25, -0.2) is 4.79 Å². The van der Waals surface area contributed by atoms with Crippen LogP contribution in [0.15, 0.2) is 0 Å². The number of rotatable bonds is 3. The molecule has 0 aromatic carbocycles. The first kappa shape index (κ1) is 15.5. The molecule has 3 amide bonds. The molecule has 1 rings (SSSR count). The molecule has 1 atom stereocenters. The third-order valence-corrected chi connectivity index (χ3v) is 2.93. The van der Waals surface area contributed by atoms with Crippen LogP contribution in [0.1, 0.15) is 40.5 Å². The number of nitrogens with zero attached hydrogens (tertiary/aromatic N) is 1. The Kier molecular flexibility index (Phi) is 4.91. The molecule has 0 radical (unpaired) electrons. The number of amides is 3. The number of Topliss-reactive ketones (excluding diaryl/α,β-unsaturated/α-hetero) is 1. The van der Waals surface area contributed by atoms with Crippen LogP contribution in [0.25, 0.3) is 0 Å². The van der Waals surface area contributed by atoms with Gasteiger partial charge in [-0.15, -0.1) is 0 Å². The van der Waals surface area contributed by atoms with Gasteiger partial charge in [0.15, 0.2) is 5.78 Å². The minimum atomic E-state index is -0.376. The summed E-state index contributed by atoms with van der Waals surface area (Å²) in [5.74, 6) is -0.202. The summed E-state index contributed by atoms with van der Waals surface area (Å²) in [5.41, 5.74) is -0.345. The number of hydrogen-bond donors (Lipinski definition) is 2. The number of urea groups is 1. The molecule has 0 aromatic rings. The summed E-state index contributed by atoms with van der Waals surface area (Å²) in [6.07, 6.45) is 1.55. The van der Waals surface area contributed by atoms with Crippen LogP contribution in [0.2, 0.25) is 0 Å². The highest BCUT2D eigenvalue weighted by molar-refractivity contribution is 5.90. The van der Waals surface area contributed by atoms with Gasteiger partial charge in [0.05, 0.1) is 12.6 Å². The Balaban J connectivity index is 2.43. The van der Waals surface area contributed by atoms with E-state index < -0.39 is 0 Å². The lowest BCUT2D eigenvalue weighted by Gasteiger charge is -2.24. The van der Waals surface area contributed by atoms with Gasteiger partial charge < -0.3 is 15.5 Å². The van der Waals surface area contributed by atoms with Crippen LogP contribution in [-0.4, -0.2) is 47.3 Å². The fourth-order valence-electron chi connectivity index (χ4n) is 2.13. The molecule has 0 bridgehead atoms. The average molecular weight is 269 g/mol. The molecule has 1 heterocycles. The van der Waals surface area contributed by atoms with Gasteiger partial charge in [0.1, 0.15) is 0 Å². The van der Waals surface area contributed by atoms with Crippen molar-refractivity contribution in [1.82, 2.24) is 15.5 Å². The van der Waals surface area contributed by atoms with Crippen molar-refractivity contribution >= 4 is 17.7 Å². The van der Waals surface area contributed by atoms with Crippen LogP contribution in [0, 0.1) is 0 Å². The van der Waals surface area contributed by atoms with E-state index in [-0.39, 0.29) is 35.8 Å². The first-order chi connectivity index (χ1) is 8.70. The number of ketones is 1. The molecule has 0 spiro atoms. The number of nitrogens with one attached hydrogen (secondary N) is 2. The maximum atomic E-state index is 12.0. The van der Waals surface area contributed by atoms with Gasteiger partial charge in [-0.3, -0.25) is 9.59 Å². The Bertz CT molecular complexity index is 374. The van der Waals surface area contributed by atoms with E-state index in [1.54, 1.807) is 4.90 Å². The van der Waals surface area contributed by atoms with Crippen molar-refractivity contribution in [2.75, 3.05) is 13.1 Å². The van der Waals surface area contributed by atoms with Crippen molar-refractivity contribution in [3.8, 4) is 0 Å². The second-order valence-electron chi connectivity index (χ2n) is 5.91. The Morgan fingerprint density at radius 1 is 1.26 bits per heavy atom. The van der Waals surface area contributed by atoms with Crippen LogP contribution >= 0.6 is 0 Å². The van der Waals surface area contributed by atoms with E-state index in [0.717, 1.165) is 12.8 Å². The lowest BCUT2D eigenvalue weighted by atomic mass is 10.1. The molecule has 6 heteroatoms. The van der Waals surface area contributed by atoms with Crippen LogP contribution in [-0.2, 0) is 9.59 Å². The smallest absolute Gasteiger partial charge is 0.315 e. The van der Waals surface area contributed by atoms with Gasteiger partial charge in [0.2, 0.25) is 5.91 Å². The quantitative estimate of drug-likeness (QED) is 0.790. The van der Waals surface area contributed by atoms with Gasteiger partial charge in [0.25, 0.3) is 0 Å². The maximum Gasteiger partial charge on any atom is 0.315 e. The molecule has 1 aliphatic rings. The summed E-state index contributed by atoms with van der Waals surface area (Å²) in [5, 5.41) is 5.23. The zero-order chi connectivity index (χ0) is 14.6. The molecule has 1 unspecified atom stereocenters. The van der Waals surface area contributed by atoms with Crippen LogP contribution in [0.5, 0.6) is 0 Å². The second kappa shape index (κ2) is 6.04. The van der Waals surface area contributed by atoms with Gasteiger partial charge in [-0.1, -0.05) is 0 Å². The van der Waals surface area contributed by atoms with E-state index in [0.29, 0.717) is 6.54 Å². The Morgan fingerprint density at radius 3 is 2.42 bits per heavy atom. The lowest BCUT2D eigenvalue weighted by molar-refractivity contribution is -0.136. The standard InChI is InChI=1S/C13H23N3O3/c1-9(17)10-6-5-7-16(10)11(18)8-14-12(19)15-13(2,3)4/h10H,5-8H2,1-4H3,(H2,14,15,19). The van der Waals surface area contributed by atoms with E-state index in [4.69, 9.17) is 0 Å². The Morgan fingerprint density at radius 2 is 1.89 bits per heavy atom. The summed E-state index contributed by atoms with van der Waals surface area (Å²) in [7, 11) is 0. The zero-order valence-corrected chi connectivity index (χ0v) is 12.1. The summed E-state index contributed by atoms with van der Waals surface area (Å²) in [6.45, 7) is 7.59. The van der Waals surface area contributed by atoms with E-state index in [1.807, 2.05) is 20.8 Å². The summed E-state index contributed by atoms with van der Waals surface area (Å²) in [6, 6.07) is -0.695. The minimum absolute atomic E-state index is 0.00462. The molecule has 108 valence electrons. The second-order valence-corrected chi connectivity index (χ2v) is 5.91. The first-order valence-electron chi connectivity index (χ1n) is 6.56. The van der Waals surface area contributed by atoms with Crippen LogP contribution in [0.4, 0.5) is 4.79 Å². The summed E-state index contributed by atoms with van der Waals surface area (Å²) in [4.78, 5) is 36.4. The van der Waals surface area contributed by atoms with E-state index >= 15 is 0 Å². The molecular formula is C13H23N3O3. The largest absolute Gasteiger partial charge is 0.334 e. The highest BCUT2D eigenvalue weighted by Gasteiger charge is 2.31. The predicted octanol–water partition coefficient (Wildman–Crippen LogP) is 0.664. The first-order valence-corrected chi connectivity index (χ1v) is 6.56. The van der Waals surface area contributed by atoms with Crippen molar-refractivity contribution in [3.05, 3.63) is 0 Å². The van der Waals surface area contributed by atoms with Crippen molar-refractivity contribution in [3.63, 3.8) is 0 Å². The van der Waals surface area contributed by atoms with Gasteiger partial charge in [-0.05, 0) is 40.5 Å². The SMILES string of the molecule is CC(=O)C1CCCN1C(=O)CNC(=O)NC(C)(C)C. The Labute approximate surface area is 113 Å². The molecule has 0 saturated carbocycles. The van der Waals surface area contributed by atoms with Gasteiger partial charge in [-0.2, -0.15) is 0 Å². The molecule has 1 saturated heterocycles. The summed E-state index contributed by atoms with van der Waals surface area (Å²) < 4.78 is 0. The molecule has 0 aliphatic carbocycles. The third kappa shape index (κ3) is 4.89. The Hall–Kier alpha value is -1.59. The number of likely N-dealkylation sites (tertiary alicyclic amines) is 1. The predicted molar refractivity (Wildman–Crippen MR) is 71.7 cm³/mol. The third-order valence-electron chi connectivity index (χ3n) is 2.93.